The number of nitrogens with two attached hydrogens (primary N) is 1. The van der Waals surface area contributed by atoms with Gasteiger partial charge < -0.3 is 15.2 Å². The first-order valence-corrected chi connectivity index (χ1v) is 11.3. The summed E-state index contributed by atoms with van der Waals surface area (Å²) >= 11 is 0.853. The predicted molar refractivity (Wildman–Crippen MR) is 125 cm³/mol. The number of anilines is 1. The Hall–Kier alpha value is -3.59. The number of rotatable bonds is 3. The van der Waals surface area contributed by atoms with Crippen LogP contribution >= 0.6 is 11.3 Å². The van der Waals surface area contributed by atoms with Crippen molar-refractivity contribution in [2.75, 3.05) is 18.9 Å². The Balaban J connectivity index is 1.70. The fraction of sp³-hybridized carbons (Fsp3) is 0.200. The summed E-state index contributed by atoms with van der Waals surface area (Å²) in [6, 6.07) is 11.2. The lowest BCUT2D eigenvalue weighted by Gasteiger charge is -2.18. The molecule has 0 aliphatic carbocycles. The standard InChI is InChI=1S/C25H19F3N2O3S/c1-12-3-4-14(9-13(12)2)16-11-19(25(26,27)28)30-24-20(16)21(29)23(34-24)22(31)15-5-6-17-18(10-15)33-8-7-32-17/h3-6,9-11H,7-8,29H2,1-2H3. The van der Waals surface area contributed by atoms with Crippen LogP contribution in [0.4, 0.5) is 18.9 Å². The van der Waals surface area contributed by atoms with Gasteiger partial charge in [-0.2, -0.15) is 13.2 Å². The lowest BCUT2D eigenvalue weighted by atomic mass is 9.97. The summed E-state index contributed by atoms with van der Waals surface area (Å²) in [4.78, 5) is 17.3. The fourth-order valence-corrected chi connectivity index (χ4v) is 4.97. The number of carbonyl (C=O) groups is 1. The van der Waals surface area contributed by atoms with Crippen LogP contribution in [-0.4, -0.2) is 24.0 Å². The smallest absolute Gasteiger partial charge is 0.433 e. The summed E-state index contributed by atoms with van der Waals surface area (Å²) in [6.07, 6.45) is -4.65. The zero-order valence-electron chi connectivity index (χ0n) is 18.2. The molecule has 0 saturated carbocycles. The highest BCUT2D eigenvalue weighted by atomic mass is 32.1. The first-order chi connectivity index (χ1) is 16.1. The van der Waals surface area contributed by atoms with Crippen LogP contribution in [0.3, 0.4) is 0 Å². The van der Waals surface area contributed by atoms with Crippen LogP contribution in [0.15, 0.2) is 42.5 Å². The summed E-state index contributed by atoms with van der Waals surface area (Å²) in [6.45, 7) is 4.58. The molecule has 2 aromatic carbocycles. The van der Waals surface area contributed by atoms with Gasteiger partial charge in [-0.05, 0) is 60.4 Å². The highest BCUT2D eigenvalue weighted by molar-refractivity contribution is 7.21. The minimum atomic E-state index is -4.65. The van der Waals surface area contributed by atoms with Crippen molar-refractivity contribution in [3.63, 3.8) is 0 Å². The van der Waals surface area contributed by atoms with E-state index < -0.39 is 17.7 Å². The van der Waals surface area contributed by atoms with Gasteiger partial charge in [0.05, 0.1) is 5.69 Å². The predicted octanol–water partition coefficient (Wildman–Crippen LogP) is 6.18. The molecule has 0 bridgehead atoms. The van der Waals surface area contributed by atoms with Crippen LogP contribution in [0.5, 0.6) is 11.5 Å². The van der Waals surface area contributed by atoms with Gasteiger partial charge in [-0.3, -0.25) is 4.79 Å². The molecule has 2 aromatic heterocycles. The van der Waals surface area contributed by atoms with Crippen LogP contribution < -0.4 is 15.2 Å². The van der Waals surface area contributed by atoms with E-state index in [-0.39, 0.29) is 21.0 Å². The van der Waals surface area contributed by atoms with Gasteiger partial charge in [0.2, 0.25) is 5.78 Å². The first-order valence-electron chi connectivity index (χ1n) is 10.5. The Morgan fingerprint density at radius 3 is 2.44 bits per heavy atom. The maximum atomic E-state index is 13.7. The molecule has 4 aromatic rings. The number of benzene rings is 2. The molecule has 0 unspecified atom stereocenters. The second-order valence-corrected chi connectivity index (χ2v) is 9.06. The Labute approximate surface area is 196 Å². The average molecular weight is 484 g/mol. The number of aryl methyl sites for hydroxylation is 2. The van der Waals surface area contributed by atoms with E-state index in [1.165, 1.54) is 0 Å². The summed E-state index contributed by atoms with van der Waals surface area (Å²) in [5.74, 6) is 0.544. The van der Waals surface area contributed by atoms with Crippen LogP contribution in [0, 0.1) is 13.8 Å². The third-order valence-electron chi connectivity index (χ3n) is 5.82. The number of pyridine rings is 1. The summed E-state index contributed by atoms with van der Waals surface area (Å²) < 4.78 is 52.0. The second-order valence-electron chi connectivity index (χ2n) is 8.06. The Kier molecular flexibility index (Phi) is 5.24. The molecule has 0 spiro atoms. The maximum Gasteiger partial charge on any atom is 0.433 e. The number of nitrogen functional groups attached to an aromatic ring is 1. The lowest BCUT2D eigenvalue weighted by molar-refractivity contribution is -0.140. The third-order valence-corrected chi connectivity index (χ3v) is 6.92. The van der Waals surface area contributed by atoms with Gasteiger partial charge in [-0.15, -0.1) is 11.3 Å². The molecule has 2 N–H and O–H groups in total. The van der Waals surface area contributed by atoms with Gasteiger partial charge in [0.15, 0.2) is 11.5 Å². The molecule has 174 valence electrons. The average Bonchev–Trinajstić information content (AvgIpc) is 3.15. The SMILES string of the molecule is Cc1ccc(-c2cc(C(F)(F)F)nc3sc(C(=O)c4ccc5c(c4)OCCO5)c(N)c23)cc1C. The van der Waals surface area contributed by atoms with Crippen molar-refractivity contribution < 1.29 is 27.4 Å². The molecule has 5 rings (SSSR count). The van der Waals surface area contributed by atoms with E-state index >= 15 is 0 Å². The van der Waals surface area contributed by atoms with Gasteiger partial charge >= 0.3 is 6.18 Å². The van der Waals surface area contributed by atoms with Gasteiger partial charge in [0.1, 0.15) is 28.6 Å². The molecular formula is C25H19F3N2O3S. The molecule has 9 heteroatoms. The number of nitrogens with zero attached hydrogens (tertiary/aromatic N) is 1. The zero-order valence-corrected chi connectivity index (χ0v) is 19.1. The van der Waals surface area contributed by atoms with Crippen LogP contribution in [0.25, 0.3) is 21.3 Å². The molecule has 0 atom stereocenters. The molecule has 0 saturated heterocycles. The van der Waals surface area contributed by atoms with Crippen LogP contribution in [-0.2, 0) is 6.18 Å². The number of thiophene rings is 1. The molecule has 0 radical (unpaired) electrons. The molecule has 0 fully saturated rings. The Bertz CT molecular complexity index is 1460. The first kappa shape index (κ1) is 22.2. The molecular weight excluding hydrogens is 465 g/mol. The number of alkyl halides is 3. The molecule has 34 heavy (non-hydrogen) atoms. The highest BCUT2D eigenvalue weighted by Gasteiger charge is 2.35. The number of halogens is 3. The highest BCUT2D eigenvalue weighted by Crippen LogP contribution is 2.43. The van der Waals surface area contributed by atoms with E-state index in [4.69, 9.17) is 15.2 Å². The van der Waals surface area contributed by atoms with Crippen molar-refractivity contribution in [2.24, 2.45) is 0 Å². The number of aromatic nitrogens is 1. The maximum absolute atomic E-state index is 13.7. The topological polar surface area (TPSA) is 74.4 Å². The van der Waals surface area contributed by atoms with Crippen molar-refractivity contribution in [1.29, 1.82) is 0 Å². The van der Waals surface area contributed by atoms with Crippen LogP contribution in [0.1, 0.15) is 32.1 Å². The normalized spacial score (nSPS) is 13.3. The second kappa shape index (κ2) is 8.02. The van der Waals surface area contributed by atoms with Crippen molar-refractivity contribution >= 4 is 33.0 Å². The third kappa shape index (κ3) is 3.75. The van der Waals surface area contributed by atoms with Gasteiger partial charge in [-0.25, -0.2) is 4.98 Å². The molecule has 1 aliphatic rings. The van der Waals surface area contributed by atoms with E-state index in [0.717, 1.165) is 28.5 Å². The number of ether oxygens (including phenoxy) is 2. The van der Waals surface area contributed by atoms with E-state index in [2.05, 4.69) is 4.98 Å². The van der Waals surface area contributed by atoms with Crippen molar-refractivity contribution in [3.8, 4) is 22.6 Å². The number of ketones is 1. The minimum Gasteiger partial charge on any atom is -0.486 e. The number of carbonyl (C=O) groups excluding carboxylic acids is 1. The molecule has 5 nitrogen and oxygen atoms in total. The number of hydrogen-bond donors (Lipinski definition) is 1. The van der Waals surface area contributed by atoms with Gasteiger partial charge in [-0.1, -0.05) is 18.2 Å². The fourth-order valence-electron chi connectivity index (χ4n) is 3.89. The Morgan fingerprint density at radius 2 is 1.74 bits per heavy atom. The van der Waals surface area contributed by atoms with E-state index in [9.17, 15) is 18.0 Å². The van der Waals surface area contributed by atoms with E-state index in [1.54, 1.807) is 24.3 Å². The van der Waals surface area contributed by atoms with E-state index in [0.29, 0.717) is 41.2 Å². The van der Waals surface area contributed by atoms with Crippen LogP contribution in [0.2, 0.25) is 0 Å². The molecule has 0 amide bonds. The quantitative estimate of drug-likeness (QED) is 0.351. The van der Waals surface area contributed by atoms with E-state index in [1.807, 2.05) is 26.0 Å². The summed E-state index contributed by atoms with van der Waals surface area (Å²) in [5, 5.41) is 0.335. The number of hydrogen-bond acceptors (Lipinski definition) is 6. The monoisotopic (exact) mass is 484 g/mol. The largest absolute Gasteiger partial charge is 0.486 e. The molecule has 1 aliphatic heterocycles. The van der Waals surface area contributed by atoms with Crippen molar-refractivity contribution in [1.82, 2.24) is 4.98 Å². The van der Waals surface area contributed by atoms with Crippen molar-refractivity contribution in [3.05, 3.63) is 69.7 Å². The number of fused-ring (bicyclic) bond motifs is 2. The summed E-state index contributed by atoms with van der Waals surface area (Å²) in [7, 11) is 0. The molecule has 3 heterocycles. The van der Waals surface area contributed by atoms with Gasteiger partial charge in [0, 0.05) is 10.9 Å². The van der Waals surface area contributed by atoms with Crippen molar-refractivity contribution in [2.45, 2.75) is 20.0 Å². The zero-order chi connectivity index (χ0) is 24.2. The summed E-state index contributed by atoms with van der Waals surface area (Å²) in [5.41, 5.74) is 8.56. The minimum absolute atomic E-state index is 0.0569. The Morgan fingerprint density at radius 1 is 1.00 bits per heavy atom. The lowest BCUT2D eigenvalue weighted by Crippen LogP contribution is -2.15. The van der Waals surface area contributed by atoms with Gasteiger partial charge in [0.25, 0.3) is 0 Å².